The molecule has 1 aromatic carbocycles. The van der Waals surface area contributed by atoms with Gasteiger partial charge in [-0.2, -0.15) is 5.26 Å². The Bertz CT molecular complexity index is 926. The highest BCUT2D eigenvalue weighted by molar-refractivity contribution is 7.17. The van der Waals surface area contributed by atoms with Crippen molar-refractivity contribution in [2.45, 2.75) is 39.8 Å². The van der Waals surface area contributed by atoms with E-state index in [4.69, 9.17) is 10.00 Å². The first-order valence-electron chi connectivity index (χ1n) is 9.42. The van der Waals surface area contributed by atoms with Crippen LogP contribution in [-0.2, 0) is 17.7 Å². The highest BCUT2D eigenvalue weighted by atomic mass is 32.1. The number of ether oxygens (including phenoxy) is 1. The van der Waals surface area contributed by atoms with Crippen LogP contribution in [0.25, 0.3) is 0 Å². The summed E-state index contributed by atoms with van der Waals surface area (Å²) in [7, 11) is 0. The Labute approximate surface area is 168 Å². The van der Waals surface area contributed by atoms with E-state index in [1.807, 2.05) is 6.07 Å². The Morgan fingerprint density at radius 1 is 1.32 bits per heavy atom. The molecule has 6 nitrogen and oxygen atoms in total. The van der Waals surface area contributed by atoms with Crippen molar-refractivity contribution in [1.82, 2.24) is 0 Å². The van der Waals surface area contributed by atoms with E-state index < -0.39 is 0 Å². The molecule has 0 fully saturated rings. The first-order valence-corrected chi connectivity index (χ1v) is 10.2. The lowest BCUT2D eigenvalue weighted by Crippen LogP contribution is -3.14. The fraction of sp³-hybridized carbons (Fsp3) is 0.381. The number of thiophene rings is 1. The minimum atomic E-state index is -0.386. The molecule has 1 aliphatic rings. The summed E-state index contributed by atoms with van der Waals surface area (Å²) in [5, 5.41) is 12.3. The molecule has 0 radical (unpaired) electrons. The molecule has 7 heteroatoms. The molecule has 28 heavy (non-hydrogen) atoms. The molecular weight excluding hydrogens is 374 g/mol. The average Bonchev–Trinajstić information content (AvgIpc) is 3.05. The number of nitriles is 1. The highest BCUT2D eigenvalue weighted by Gasteiger charge is 2.32. The van der Waals surface area contributed by atoms with E-state index in [0.717, 1.165) is 30.0 Å². The van der Waals surface area contributed by atoms with Crippen molar-refractivity contribution in [1.29, 1.82) is 5.26 Å². The summed E-state index contributed by atoms with van der Waals surface area (Å²) in [5.41, 5.74) is 2.43. The average molecular weight is 399 g/mol. The molecule has 2 heterocycles. The zero-order valence-electron chi connectivity index (χ0n) is 16.3. The van der Waals surface area contributed by atoms with Gasteiger partial charge < -0.3 is 15.0 Å². The largest absolute Gasteiger partial charge is 0.462 e. The van der Waals surface area contributed by atoms with Gasteiger partial charge in [0.05, 0.1) is 41.3 Å². The van der Waals surface area contributed by atoms with Gasteiger partial charge in [-0.1, -0.05) is 0 Å². The number of quaternary nitrogens is 1. The fourth-order valence-electron chi connectivity index (χ4n) is 3.37. The fourth-order valence-corrected chi connectivity index (χ4v) is 4.65. The SMILES string of the molecule is CCOC(=O)c1c(NC(=O)c2ccc(C#N)cc2)sc2c1CC[NH+](C(C)C)C2. The van der Waals surface area contributed by atoms with E-state index in [9.17, 15) is 9.59 Å². The Morgan fingerprint density at radius 2 is 2.04 bits per heavy atom. The van der Waals surface area contributed by atoms with E-state index >= 15 is 0 Å². The summed E-state index contributed by atoms with van der Waals surface area (Å²) in [4.78, 5) is 27.9. The molecule has 2 aromatic rings. The Hall–Kier alpha value is -2.69. The standard InChI is InChI=1S/C21H23N3O3S/c1-4-27-21(26)18-16-9-10-24(13(2)3)12-17(16)28-20(18)23-19(25)15-7-5-14(11-22)6-8-15/h5-8,13H,4,9-10,12H2,1-3H3,(H,23,25)/p+1. The normalized spacial score (nSPS) is 15.6. The smallest absolute Gasteiger partial charge is 0.341 e. The minimum absolute atomic E-state index is 0.288. The summed E-state index contributed by atoms with van der Waals surface area (Å²) in [5.74, 6) is -0.690. The molecule has 0 spiro atoms. The van der Waals surface area contributed by atoms with Gasteiger partial charge in [0.1, 0.15) is 11.5 Å². The molecule has 1 unspecified atom stereocenters. The van der Waals surface area contributed by atoms with Crippen LogP contribution in [0.4, 0.5) is 5.00 Å². The number of rotatable bonds is 5. The van der Waals surface area contributed by atoms with Gasteiger partial charge in [0.25, 0.3) is 5.91 Å². The third kappa shape index (κ3) is 4.08. The third-order valence-corrected chi connectivity index (χ3v) is 6.12. The molecule has 1 amide bonds. The van der Waals surface area contributed by atoms with Gasteiger partial charge in [-0.05, 0) is 50.6 Å². The van der Waals surface area contributed by atoms with Crippen LogP contribution in [0.1, 0.15) is 57.5 Å². The lowest BCUT2D eigenvalue weighted by Gasteiger charge is -2.27. The van der Waals surface area contributed by atoms with E-state index in [2.05, 4.69) is 19.2 Å². The lowest BCUT2D eigenvalue weighted by atomic mass is 10.0. The first-order chi connectivity index (χ1) is 13.4. The number of carbonyl (C=O) groups excluding carboxylic acids is 2. The predicted octanol–water partition coefficient (Wildman–Crippen LogP) is 2.40. The molecule has 0 saturated heterocycles. The number of hydrogen-bond acceptors (Lipinski definition) is 5. The summed E-state index contributed by atoms with van der Waals surface area (Å²) in [6.07, 6.45) is 0.792. The number of carbonyl (C=O) groups is 2. The highest BCUT2D eigenvalue weighted by Crippen LogP contribution is 2.35. The topological polar surface area (TPSA) is 83.6 Å². The van der Waals surface area contributed by atoms with Crippen molar-refractivity contribution in [3.05, 3.63) is 51.4 Å². The molecule has 3 rings (SSSR count). The van der Waals surface area contributed by atoms with E-state index in [-0.39, 0.29) is 18.5 Å². The summed E-state index contributed by atoms with van der Waals surface area (Å²) >= 11 is 1.46. The van der Waals surface area contributed by atoms with Crippen molar-refractivity contribution in [2.24, 2.45) is 0 Å². The molecule has 0 saturated carbocycles. The zero-order valence-corrected chi connectivity index (χ0v) is 17.1. The molecular formula is C21H24N3O3S+. The van der Waals surface area contributed by atoms with Crippen LogP contribution in [-0.4, -0.2) is 31.1 Å². The number of nitrogens with one attached hydrogen (secondary N) is 2. The van der Waals surface area contributed by atoms with Gasteiger partial charge in [0.2, 0.25) is 0 Å². The molecule has 0 aliphatic carbocycles. The molecule has 1 atom stereocenters. The Morgan fingerprint density at radius 3 is 2.64 bits per heavy atom. The number of fused-ring (bicyclic) bond motifs is 1. The van der Waals surface area contributed by atoms with Gasteiger partial charge in [-0.25, -0.2) is 4.79 Å². The van der Waals surface area contributed by atoms with Crippen LogP contribution < -0.4 is 10.2 Å². The predicted molar refractivity (Wildman–Crippen MR) is 108 cm³/mol. The van der Waals surface area contributed by atoms with Crippen molar-refractivity contribution in [3.63, 3.8) is 0 Å². The van der Waals surface area contributed by atoms with E-state index in [0.29, 0.717) is 27.7 Å². The second-order valence-electron chi connectivity index (χ2n) is 7.06. The number of benzene rings is 1. The van der Waals surface area contributed by atoms with Crippen molar-refractivity contribution in [2.75, 3.05) is 18.5 Å². The third-order valence-electron chi connectivity index (χ3n) is 4.97. The van der Waals surface area contributed by atoms with Crippen LogP contribution in [0.3, 0.4) is 0 Å². The molecule has 1 aromatic heterocycles. The summed E-state index contributed by atoms with van der Waals surface area (Å²) in [6.45, 7) is 8.24. The van der Waals surface area contributed by atoms with Crippen molar-refractivity contribution in [3.8, 4) is 6.07 Å². The van der Waals surface area contributed by atoms with Crippen molar-refractivity contribution < 1.29 is 19.2 Å². The van der Waals surface area contributed by atoms with Gasteiger partial charge >= 0.3 is 5.97 Å². The second-order valence-corrected chi connectivity index (χ2v) is 8.17. The van der Waals surface area contributed by atoms with Crippen LogP contribution in [0.15, 0.2) is 24.3 Å². The summed E-state index contributed by atoms with van der Waals surface area (Å²) in [6, 6.07) is 8.95. The quantitative estimate of drug-likeness (QED) is 0.758. The maximum atomic E-state index is 12.7. The lowest BCUT2D eigenvalue weighted by molar-refractivity contribution is -0.936. The van der Waals surface area contributed by atoms with Gasteiger partial charge in [-0.15, -0.1) is 11.3 Å². The van der Waals surface area contributed by atoms with E-state index in [1.165, 1.54) is 16.2 Å². The van der Waals surface area contributed by atoms with Gasteiger partial charge in [0.15, 0.2) is 0 Å². The molecule has 1 aliphatic heterocycles. The zero-order chi connectivity index (χ0) is 20.3. The maximum absolute atomic E-state index is 12.7. The van der Waals surface area contributed by atoms with Crippen LogP contribution in [0, 0.1) is 11.3 Å². The number of amides is 1. The Balaban J connectivity index is 1.91. The van der Waals surface area contributed by atoms with Gasteiger partial charge in [-0.3, -0.25) is 4.79 Å². The van der Waals surface area contributed by atoms with E-state index in [1.54, 1.807) is 31.2 Å². The number of anilines is 1. The molecule has 2 N–H and O–H groups in total. The number of hydrogen-bond donors (Lipinski definition) is 2. The van der Waals surface area contributed by atoms with Crippen molar-refractivity contribution >= 4 is 28.2 Å². The van der Waals surface area contributed by atoms with Gasteiger partial charge in [0, 0.05) is 12.0 Å². The minimum Gasteiger partial charge on any atom is -0.462 e. The maximum Gasteiger partial charge on any atom is 0.341 e. The van der Waals surface area contributed by atoms with Crippen LogP contribution >= 0.6 is 11.3 Å². The summed E-state index contributed by atoms with van der Waals surface area (Å²) < 4.78 is 5.26. The van der Waals surface area contributed by atoms with Crippen LogP contribution in [0.5, 0.6) is 0 Å². The first kappa shape index (κ1) is 20.1. The number of nitrogens with zero attached hydrogens (tertiary/aromatic N) is 1. The molecule has 0 bridgehead atoms. The monoisotopic (exact) mass is 398 g/mol. The van der Waals surface area contributed by atoms with Crippen LogP contribution in [0.2, 0.25) is 0 Å². The number of esters is 1. The Kier molecular flexibility index (Phi) is 6.12. The second kappa shape index (κ2) is 8.55. The molecule has 146 valence electrons.